The molecule has 2 aliphatic rings. The van der Waals surface area contributed by atoms with Crippen LogP contribution >= 0.6 is 0 Å². The van der Waals surface area contributed by atoms with Crippen molar-refractivity contribution >= 4 is 0 Å². The van der Waals surface area contributed by atoms with Gasteiger partial charge in [0.25, 0.3) is 0 Å². The number of nitrogens with one attached hydrogen (secondary N) is 1. The summed E-state index contributed by atoms with van der Waals surface area (Å²) in [6, 6.07) is 8.51. The zero-order valence-electron chi connectivity index (χ0n) is 15.3. The first-order valence-corrected chi connectivity index (χ1v) is 9.79. The Morgan fingerprint density at radius 1 is 1.08 bits per heavy atom. The average molecular weight is 356 g/mol. The minimum atomic E-state index is 0.697. The monoisotopic (exact) mass is 356 g/mol. The Hall–Kier alpha value is -1.76. The molecule has 6 nitrogen and oxygen atoms in total. The number of nitrogens with zero attached hydrogens (tertiary/aromatic N) is 3. The SMILES string of the molecule is c1cc(-c2noc(CCC3CCNCC3)n2)ccc1CN1CCOCC1. The lowest BCUT2D eigenvalue weighted by atomic mass is 9.93. The summed E-state index contributed by atoms with van der Waals surface area (Å²) >= 11 is 0. The first-order valence-electron chi connectivity index (χ1n) is 9.79. The van der Waals surface area contributed by atoms with Crippen molar-refractivity contribution in [2.75, 3.05) is 39.4 Å². The van der Waals surface area contributed by atoms with E-state index >= 15 is 0 Å². The molecular weight excluding hydrogens is 328 g/mol. The third-order valence-corrected chi connectivity index (χ3v) is 5.42. The van der Waals surface area contributed by atoms with Crippen molar-refractivity contribution in [3.63, 3.8) is 0 Å². The minimum Gasteiger partial charge on any atom is -0.379 e. The fourth-order valence-electron chi connectivity index (χ4n) is 3.75. The van der Waals surface area contributed by atoms with Crippen molar-refractivity contribution in [1.82, 2.24) is 20.4 Å². The normalized spacial score (nSPS) is 19.7. The largest absolute Gasteiger partial charge is 0.379 e. The van der Waals surface area contributed by atoms with Gasteiger partial charge in [0, 0.05) is 31.6 Å². The summed E-state index contributed by atoms with van der Waals surface area (Å²) in [5, 5.41) is 7.58. The quantitative estimate of drug-likeness (QED) is 0.858. The fraction of sp³-hybridized carbons (Fsp3) is 0.600. The van der Waals surface area contributed by atoms with Crippen LogP contribution in [-0.4, -0.2) is 54.4 Å². The summed E-state index contributed by atoms with van der Waals surface area (Å²) in [6.45, 7) is 6.92. The highest BCUT2D eigenvalue weighted by atomic mass is 16.5. The van der Waals surface area contributed by atoms with Gasteiger partial charge in [-0.1, -0.05) is 29.4 Å². The molecule has 0 atom stereocenters. The molecule has 26 heavy (non-hydrogen) atoms. The van der Waals surface area contributed by atoms with Crippen molar-refractivity contribution in [2.24, 2.45) is 5.92 Å². The van der Waals surface area contributed by atoms with E-state index in [1.54, 1.807) is 0 Å². The molecule has 140 valence electrons. The third-order valence-electron chi connectivity index (χ3n) is 5.42. The summed E-state index contributed by atoms with van der Waals surface area (Å²) in [5.74, 6) is 2.24. The molecule has 0 amide bonds. The van der Waals surface area contributed by atoms with Crippen LogP contribution in [0.3, 0.4) is 0 Å². The van der Waals surface area contributed by atoms with Crippen LogP contribution in [0, 0.1) is 5.92 Å². The highest BCUT2D eigenvalue weighted by Crippen LogP contribution is 2.21. The van der Waals surface area contributed by atoms with E-state index in [1.807, 2.05) is 0 Å². The lowest BCUT2D eigenvalue weighted by molar-refractivity contribution is 0.0342. The second kappa shape index (κ2) is 8.75. The van der Waals surface area contributed by atoms with E-state index in [9.17, 15) is 0 Å². The van der Waals surface area contributed by atoms with Gasteiger partial charge in [-0.2, -0.15) is 4.98 Å². The third kappa shape index (κ3) is 4.69. The smallest absolute Gasteiger partial charge is 0.226 e. The second-order valence-corrected chi connectivity index (χ2v) is 7.33. The first kappa shape index (κ1) is 17.6. The topological polar surface area (TPSA) is 63.4 Å². The van der Waals surface area contributed by atoms with Gasteiger partial charge >= 0.3 is 0 Å². The van der Waals surface area contributed by atoms with Crippen LogP contribution in [0.4, 0.5) is 0 Å². The zero-order valence-corrected chi connectivity index (χ0v) is 15.3. The first-order chi connectivity index (χ1) is 12.9. The van der Waals surface area contributed by atoms with Crippen molar-refractivity contribution in [1.29, 1.82) is 0 Å². The van der Waals surface area contributed by atoms with Crippen molar-refractivity contribution in [2.45, 2.75) is 32.2 Å². The average Bonchev–Trinajstić information content (AvgIpc) is 3.18. The zero-order chi connectivity index (χ0) is 17.6. The molecule has 4 rings (SSSR count). The molecule has 0 bridgehead atoms. The van der Waals surface area contributed by atoms with Gasteiger partial charge in [0.15, 0.2) is 0 Å². The highest BCUT2D eigenvalue weighted by molar-refractivity contribution is 5.54. The van der Waals surface area contributed by atoms with Gasteiger partial charge in [-0.3, -0.25) is 4.90 Å². The molecular formula is C20H28N4O2. The van der Waals surface area contributed by atoms with Crippen LogP contribution in [0.2, 0.25) is 0 Å². The standard InChI is InChI=1S/C20H28N4O2/c1-4-18(5-2-17(1)15-24-11-13-25-14-12-24)20-22-19(26-23-20)6-3-16-7-9-21-10-8-16/h1-2,4-5,16,21H,3,6-15H2. The number of aryl methyl sites for hydroxylation is 1. The fourth-order valence-corrected chi connectivity index (χ4v) is 3.75. The molecule has 1 aromatic carbocycles. The molecule has 2 saturated heterocycles. The Labute approximate surface area is 154 Å². The van der Waals surface area contributed by atoms with Crippen LogP contribution < -0.4 is 5.32 Å². The van der Waals surface area contributed by atoms with Crippen LogP contribution in [0.1, 0.15) is 30.7 Å². The molecule has 0 aliphatic carbocycles. The molecule has 0 spiro atoms. The Morgan fingerprint density at radius 3 is 2.62 bits per heavy atom. The van der Waals surface area contributed by atoms with Crippen LogP contribution in [0.5, 0.6) is 0 Å². The lowest BCUT2D eigenvalue weighted by Gasteiger charge is -2.26. The number of morpholine rings is 1. The van der Waals surface area contributed by atoms with E-state index in [-0.39, 0.29) is 0 Å². The molecule has 0 unspecified atom stereocenters. The molecule has 1 aromatic heterocycles. The van der Waals surface area contributed by atoms with Crippen LogP contribution in [0.15, 0.2) is 28.8 Å². The summed E-state index contributed by atoms with van der Waals surface area (Å²) < 4.78 is 10.9. The molecule has 2 aromatic rings. The van der Waals surface area contributed by atoms with Gasteiger partial charge in [-0.05, 0) is 43.8 Å². The predicted molar refractivity (Wildman–Crippen MR) is 99.7 cm³/mol. The minimum absolute atomic E-state index is 0.697. The Balaban J connectivity index is 1.31. The molecule has 6 heteroatoms. The van der Waals surface area contributed by atoms with Gasteiger partial charge in [-0.15, -0.1) is 0 Å². The summed E-state index contributed by atoms with van der Waals surface area (Å²) in [6.07, 6.45) is 4.53. The van der Waals surface area contributed by atoms with E-state index in [2.05, 4.69) is 44.6 Å². The Bertz CT molecular complexity index is 673. The maximum absolute atomic E-state index is 5.46. The maximum atomic E-state index is 5.46. The summed E-state index contributed by atoms with van der Waals surface area (Å²) in [7, 11) is 0. The summed E-state index contributed by atoms with van der Waals surface area (Å²) in [4.78, 5) is 7.01. The molecule has 2 fully saturated rings. The van der Waals surface area contributed by atoms with E-state index in [4.69, 9.17) is 9.26 Å². The van der Waals surface area contributed by atoms with E-state index in [0.717, 1.165) is 76.2 Å². The number of piperidine rings is 1. The predicted octanol–water partition coefficient (Wildman–Crippen LogP) is 2.50. The number of hydrogen-bond acceptors (Lipinski definition) is 6. The van der Waals surface area contributed by atoms with Gasteiger partial charge < -0.3 is 14.6 Å². The van der Waals surface area contributed by atoms with Gasteiger partial charge in [0.05, 0.1) is 13.2 Å². The molecule has 0 radical (unpaired) electrons. The molecule has 2 aliphatic heterocycles. The van der Waals surface area contributed by atoms with E-state index in [0.29, 0.717) is 5.82 Å². The van der Waals surface area contributed by atoms with Crippen molar-refractivity contribution < 1.29 is 9.26 Å². The number of hydrogen-bond donors (Lipinski definition) is 1. The lowest BCUT2D eigenvalue weighted by Crippen LogP contribution is -2.35. The molecule has 1 N–H and O–H groups in total. The summed E-state index contributed by atoms with van der Waals surface area (Å²) in [5.41, 5.74) is 2.33. The van der Waals surface area contributed by atoms with Gasteiger partial charge in [0.2, 0.25) is 11.7 Å². The van der Waals surface area contributed by atoms with Crippen molar-refractivity contribution in [3.05, 3.63) is 35.7 Å². The van der Waals surface area contributed by atoms with E-state index < -0.39 is 0 Å². The second-order valence-electron chi connectivity index (χ2n) is 7.33. The van der Waals surface area contributed by atoms with Gasteiger partial charge in [-0.25, -0.2) is 0 Å². The maximum Gasteiger partial charge on any atom is 0.226 e. The number of rotatable bonds is 6. The molecule has 0 saturated carbocycles. The Kier molecular flexibility index (Phi) is 5.94. The number of ether oxygens (including phenoxy) is 1. The van der Waals surface area contributed by atoms with Crippen molar-refractivity contribution in [3.8, 4) is 11.4 Å². The number of benzene rings is 1. The van der Waals surface area contributed by atoms with Crippen LogP contribution in [0.25, 0.3) is 11.4 Å². The highest BCUT2D eigenvalue weighted by Gasteiger charge is 2.16. The molecule has 3 heterocycles. The number of aromatic nitrogens is 2. The Morgan fingerprint density at radius 2 is 1.85 bits per heavy atom. The van der Waals surface area contributed by atoms with Gasteiger partial charge in [0.1, 0.15) is 0 Å². The van der Waals surface area contributed by atoms with E-state index in [1.165, 1.54) is 18.4 Å². The van der Waals surface area contributed by atoms with Crippen LogP contribution in [-0.2, 0) is 17.7 Å².